The first-order valence-electron chi connectivity index (χ1n) is 7.05. The van der Waals surface area contributed by atoms with Crippen LogP contribution in [-0.4, -0.2) is 16.5 Å². The molecule has 0 fully saturated rings. The summed E-state index contributed by atoms with van der Waals surface area (Å²) in [6.45, 7) is 3.04. The number of hydrogen-bond donors (Lipinski definition) is 3. The van der Waals surface area contributed by atoms with Gasteiger partial charge < -0.3 is 21.8 Å². The Morgan fingerprint density at radius 1 is 1.00 bits per heavy atom. The van der Waals surface area contributed by atoms with E-state index in [4.69, 9.17) is 17.2 Å². The molecule has 0 saturated carbocycles. The minimum atomic E-state index is -0.107. The van der Waals surface area contributed by atoms with Crippen LogP contribution in [0.5, 0.6) is 0 Å². The van der Waals surface area contributed by atoms with Gasteiger partial charge in [-0.2, -0.15) is 4.99 Å². The van der Waals surface area contributed by atoms with E-state index in [0.717, 1.165) is 11.9 Å². The highest BCUT2D eigenvalue weighted by molar-refractivity contribution is 6.09. The Bertz CT molecular complexity index is 900. The molecule has 0 atom stereocenters. The lowest BCUT2D eigenvalue weighted by molar-refractivity contribution is 0.827. The number of benzene rings is 2. The number of aromatic nitrogens is 1. The molecule has 22 heavy (non-hydrogen) atoms. The molecule has 1 heterocycles. The van der Waals surface area contributed by atoms with Gasteiger partial charge in [-0.15, -0.1) is 0 Å². The average molecular weight is 294 g/mol. The smallest absolute Gasteiger partial charge is 0.223 e. The number of nitrogens with two attached hydrogens (primary N) is 3. The van der Waals surface area contributed by atoms with Crippen molar-refractivity contribution in [3.05, 3.63) is 42.5 Å². The van der Waals surface area contributed by atoms with Crippen LogP contribution in [0.3, 0.4) is 0 Å². The molecule has 1 aromatic heterocycles. The Hall–Kier alpha value is -3.02. The molecule has 112 valence electrons. The highest BCUT2D eigenvalue weighted by atomic mass is 15.1. The van der Waals surface area contributed by atoms with Gasteiger partial charge in [0.25, 0.3) is 0 Å². The molecule has 0 unspecified atom stereocenters. The second-order valence-corrected chi connectivity index (χ2v) is 4.97. The summed E-state index contributed by atoms with van der Waals surface area (Å²) in [5, 5.41) is 2.33. The van der Waals surface area contributed by atoms with Gasteiger partial charge in [-0.05, 0) is 31.2 Å². The molecule has 6 nitrogen and oxygen atoms in total. The van der Waals surface area contributed by atoms with Crippen LogP contribution in [0, 0.1) is 0 Å². The zero-order valence-corrected chi connectivity index (χ0v) is 12.3. The maximum atomic E-state index is 5.69. The van der Waals surface area contributed by atoms with E-state index in [2.05, 4.69) is 33.6 Å². The van der Waals surface area contributed by atoms with Crippen molar-refractivity contribution in [1.82, 2.24) is 4.57 Å². The lowest BCUT2D eigenvalue weighted by atomic mass is 10.1. The minimum Gasteiger partial charge on any atom is -0.370 e. The van der Waals surface area contributed by atoms with E-state index in [1.807, 2.05) is 30.3 Å². The van der Waals surface area contributed by atoms with Gasteiger partial charge in [0.05, 0.1) is 5.69 Å². The molecule has 0 aliphatic carbocycles. The van der Waals surface area contributed by atoms with Gasteiger partial charge in [-0.25, -0.2) is 4.99 Å². The summed E-state index contributed by atoms with van der Waals surface area (Å²) in [6.07, 6.45) is 0. The van der Waals surface area contributed by atoms with Gasteiger partial charge in [0.1, 0.15) is 0 Å². The Morgan fingerprint density at radius 3 is 2.45 bits per heavy atom. The second-order valence-electron chi connectivity index (χ2n) is 4.97. The maximum Gasteiger partial charge on any atom is 0.223 e. The van der Waals surface area contributed by atoms with Crippen LogP contribution in [0.4, 0.5) is 5.69 Å². The molecule has 0 aliphatic rings. The SMILES string of the molecule is CCn1c2ccccc2c2cc(N=C(N)N=C(N)N)ccc21. The standard InChI is InChI=1S/C16H18N6/c1-2-22-13-6-4-3-5-11(13)12-9-10(7-8-14(12)22)20-16(19)21-15(17)18/h3-9H,2H2,1H3,(H6,17,18,19,20,21). The van der Waals surface area contributed by atoms with Crippen LogP contribution in [-0.2, 0) is 6.54 Å². The Kier molecular flexibility index (Phi) is 3.42. The fourth-order valence-corrected chi connectivity index (χ4v) is 2.74. The summed E-state index contributed by atoms with van der Waals surface area (Å²) in [6, 6.07) is 14.3. The number of aliphatic imine (C=N–C) groups is 2. The summed E-state index contributed by atoms with van der Waals surface area (Å²) in [5.41, 5.74) is 19.4. The summed E-state index contributed by atoms with van der Waals surface area (Å²) in [4.78, 5) is 7.96. The molecular weight excluding hydrogens is 276 g/mol. The Labute approximate surface area is 127 Å². The van der Waals surface area contributed by atoms with Crippen LogP contribution in [0.25, 0.3) is 21.8 Å². The largest absolute Gasteiger partial charge is 0.370 e. The monoisotopic (exact) mass is 294 g/mol. The van der Waals surface area contributed by atoms with Gasteiger partial charge in [0.2, 0.25) is 5.96 Å². The zero-order chi connectivity index (χ0) is 15.7. The van der Waals surface area contributed by atoms with Crippen molar-refractivity contribution in [2.24, 2.45) is 27.2 Å². The molecule has 0 radical (unpaired) electrons. The molecule has 6 heteroatoms. The van der Waals surface area contributed by atoms with E-state index in [1.54, 1.807) is 0 Å². The minimum absolute atomic E-state index is 0.0404. The Balaban J connectivity index is 2.22. The quantitative estimate of drug-likeness (QED) is 0.497. The van der Waals surface area contributed by atoms with Gasteiger partial charge in [-0.3, -0.25) is 0 Å². The van der Waals surface area contributed by atoms with Gasteiger partial charge in [0, 0.05) is 28.4 Å². The normalized spacial score (nSPS) is 12.0. The molecule has 3 rings (SSSR count). The number of fused-ring (bicyclic) bond motifs is 3. The third-order valence-electron chi connectivity index (χ3n) is 3.56. The molecule has 0 bridgehead atoms. The molecule has 0 saturated heterocycles. The van der Waals surface area contributed by atoms with E-state index in [1.165, 1.54) is 16.4 Å². The van der Waals surface area contributed by atoms with Gasteiger partial charge >= 0.3 is 0 Å². The Morgan fingerprint density at radius 2 is 1.73 bits per heavy atom. The zero-order valence-electron chi connectivity index (χ0n) is 12.3. The molecule has 6 N–H and O–H groups in total. The van der Waals surface area contributed by atoms with E-state index in [9.17, 15) is 0 Å². The lowest BCUT2D eigenvalue weighted by Gasteiger charge is -2.02. The highest BCUT2D eigenvalue weighted by Gasteiger charge is 2.09. The van der Waals surface area contributed by atoms with Gasteiger partial charge in [0.15, 0.2) is 5.96 Å². The number of nitrogens with zero attached hydrogens (tertiary/aromatic N) is 3. The summed E-state index contributed by atoms with van der Waals surface area (Å²) in [7, 11) is 0. The number of hydrogen-bond acceptors (Lipinski definition) is 1. The van der Waals surface area contributed by atoms with Crippen molar-refractivity contribution in [1.29, 1.82) is 0 Å². The third-order valence-corrected chi connectivity index (χ3v) is 3.56. The number of aryl methyl sites for hydroxylation is 1. The molecule has 0 amide bonds. The first kappa shape index (κ1) is 13.9. The molecule has 0 spiro atoms. The van der Waals surface area contributed by atoms with Crippen molar-refractivity contribution in [3.63, 3.8) is 0 Å². The second kappa shape index (κ2) is 5.40. The first-order valence-corrected chi connectivity index (χ1v) is 7.05. The first-order chi connectivity index (χ1) is 10.6. The van der Waals surface area contributed by atoms with Crippen LogP contribution >= 0.6 is 0 Å². The molecule has 2 aromatic carbocycles. The fraction of sp³-hybridized carbons (Fsp3) is 0.125. The van der Waals surface area contributed by atoms with E-state index >= 15 is 0 Å². The lowest BCUT2D eigenvalue weighted by Crippen LogP contribution is -2.26. The molecule has 3 aromatic rings. The van der Waals surface area contributed by atoms with Crippen LogP contribution in [0.1, 0.15) is 6.92 Å². The molecular formula is C16H18N6. The highest BCUT2D eigenvalue weighted by Crippen LogP contribution is 2.31. The van der Waals surface area contributed by atoms with Crippen LogP contribution < -0.4 is 17.2 Å². The van der Waals surface area contributed by atoms with E-state index < -0.39 is 0 Å². The summed E-state index contributed by atoms with van der Waals surface area (Å²) >= 11 is 0. The van der Waals surface area contributed by atoms with E-state index in [0.29, 0.717) is 5.69 Å². The van der Waals surface area contributed by atoms with Crippen molar-refractivity contribution in [2.45, 2.75) is 13.5 Å². The number of rotatable bonds is 2. The molecule has 0 aliphatic heterocycles. The van der Waals surface area contributed by atoms with Crippen molar-refractivity contribution >= 4 is 39.4 Å². The van der Waals surface area contributed by atoms with Gasteiger partial charge in [-0.1, -0.05) is 18.2 Å². The summed E-state index contributed by atoms with van der Waals surface area (Å²) in [5.74, 6) is -0.0662. The third kappa shape index (κ3) is 2.35. The predicted octanol–water partition coefficient (Wildman–Crippen LogP) is 2.03. The topological polar surface area (TPSA) is 108 Å². The van der Waals surface area contributed by atoms with Crippen molar-refractivity contribution < 1.29 is 0 Å². The number of guanidine groups is 2. The number of para-hydroxylation sites is 1. The van der Waals surface area contributed by atoms with Crippen molar-refractivity contribution in [2.75, 3.05) is 0 Å². The van der Waals surface area contributed by atoms with Crippen molar-refractivity contribution in [3.8, 4) is 0 Å². The fourth-order valence-electron chi connectivity index (χ4n) is 2.74. The average Bonchev–Trinajstić information content (AvgIpc) is 2.79. The summed E-state index contributed by atoms with van der Waals surface area (Å²) < 4.78 is 2.28. The predicted molar refractivity (Wildman–Crippen MR) is 92.2 cm³/mol. The van der Waals surface area contributed by atoms with Crippen LogP contribution in [0.2, 0.25) is 0 Å². The van der Waals surface area contributed by atoms with E-state index in [-0.39, 0.29) is 11.9 Å². The maximum absolute atomic E-state index is 5.69. The van der Waals surface area contributed by atoms with Crippen LogP contribution in [0.15, 0.2) is 52.4 Å².